The molecule has 1 aromatic heterocycles. The van der Waals surface area contributed by atoms with Crippen LogP contribution in [0.1, 0.15) is 0 Å². The van der Waals surface area contributed by atoms with E-state index in [1.807, 2.05) is 0 Å². The quantitative estimate of drug-likeness (QED) is 0.714. The summed E-state index contributed by atoms with van der Waals surface area (Å²) < 4.78 is 24.5. The molecule has 2 aromatic rings. The molecular formula is C11H4BrCl2FN2O2. The van der Waals surface area contributed by atoms with E-state index in [1.54, 1.807) is 12.1 Å². The molecule has 0 fully saturated rings. The van der Waals surface area contributed by atoms with Gasteiger partial charge in [0.15, 0.2) is 33.4 Å². The van der Waals surface area contributed by atoms with Crippen LogP contribution >= 0.6 is 39.1 Å². The van der Waals surface area contributed by atoms with Crippen LogP contribution in [0.15, 0.2) is 16.6 Å². The first kappa shape index (κ1) is 12.9. The van der Waals surface area contributed by atoms with Crippen LogP contribution in [0, 0.1) is 5.82 Å². The molecule has 0 N–H and O–H groups in total. The van der Waals surface area contributed by atoms with Crippen molar-refractivity contribution in [2.45, 2.75) is 0 Å². The molecule has 0 bridgehead atoms. The summed E-state index contributed by atoms with van der Waals surface area (Å²) in [5.41, 5.74) is 0.583. The molecule has 1 aliphatic rings. The highest BCUT2D eigenvalue weighted by Gasteiger charge is 2.20. The standard InChI is InChI=1S/C11H4BrCl2FN2O2/c12-5-1-4(2-6-8(5)19-3-18-6)11-16-9(13)7(15)10(14)17-11/h1-2H,3H2. The molecular weight excluding hydrogens is 362 g/mol. The van der Waals surface area contributed by atoms with Crippen molar-refractivity contribution in [3.63, 3.8) is 0 Å². The van der Waals surface area contributed by atoms with Crippen LogP contribution in [0.3, 0.4) is 0 Å². The molecule has 0 saturated heterocycles. The highest BCUT2D eigenvalue weighted by Crippen LogP contribution is 2.42. The zero-order valence-electron chi connectivity index (χ0n) is 9.08. The maximum atomic E-state index is 13.3. The van der Waals surface area contributed by atoms with Gasteiger partial charge in [-0.3, -0.25) is 0 Å². The molecule has 0 atom stereocenters. The van der Waals surface area contributed by atoms with Gasteiger partial charge in [-0.05, 0) is 28.1 Å². The van der Waals surface area contributed by atoms with Gasteiger partial charge in [-0.15, -0.1) is 0 Å². The number of nitrogens with zero attached hydrogens (tertiary/aromatic N) is 2. The fraction of sp³-hybridized carbons (Fsp3) is 0.0909. The number of ether oxygens (including phenoxy) is 2. The summed E-state index contributed by atoms with van der Waals surface area (Å²) in [5, 5.41) is -0.660. The second kappa shape index (κ2) is 4.77. The van der Waals surface area contributed by atoms with Crippen LogP contribution in [0.4, 0.5) is 4.39 Å². The molecule has 4 nitrogen and oxygen atoms in total. The summed E-state index contributed by atoms with van der Waals surface area (Å²) in [6.07, 6.45) is 0. The van der Waals surface area contributed by atoms with E-state index in [1.165, 1.54) is 0 Å². The third-order valence-corrected chi connectivity index (χ3v) is 3.55. The largest absolute Gasteiger partial charge is 0.454 e. The minimum atomic E-state index is -0.841. The Morgan fingerprint density at radius 3 is 2.53 bits per heavy atom. The van der Waals surface area contributed by atoms with Gasteiger partial charge in [-0.25, -0.2) is 14.4 Å². The van der Waals surface area contributed by atoms with E-state index in [9.17, 15) is 4.39 Å². The van der Waals surface area contributed by atoms with Gasteiger partial charge in [-0.2, -0.15) is 0 Å². The van der Waals surface area contributed by atoms with Gasteiger partial charge in [-0.1, -0.05) is 23.2 Å². The average molecular weight is 366 g/mol. The topological polar surface area (TPSA) is 44.2 Å². The van der Waals surface area contributed by atoms with Crippen LogP contribution < -0.4 is 9.47 Å². The lowest BCUT2D eigenvalue weighted by Gasteiger charge is -2.05. The summed E-state index contributed by atoms with van der Waals surface area (Å²) in [5.74, 6) is 0.509. The smallest absolute Gasteiger partial charge is 0.231 e. The molecule has 0 amide bonds. The van der Waals surface area contributed by atoms with Gasteiger partial charge in [0.25, 0.3) is 0 Å². The minimum absolute atomic E-state index is 0.142. The van der Waals surface area contributed by atoms with Crippen LogP contribution in [0.5, 0.6) is 11.5 Å². The summed E-state index contributed by atoms with van der Waals surface area (Å²) in [6.45, 7) is 0.142. The van der Waals surface area contributed by atoms with Crippen LogP contribution in [-0.2, 0) is 0 Å². The Morgan fingerprint density at radius 2 is 1.84 bits per heavy atom. The predicted octanol–water partition coefficient (Wildman–Crippen LogP) is 4.08. The Kier molecular flexibility index (Phi) is 3.24. The Bertz CT molecular complexity index is 661. The Morgan fingerprint density at radius 1 is 1.16 bits per heavy atom. The van der Waals surface area contributed by atoms with Crippen molar-refractivity contribution in [1.29, 1.82) is 0 Å². The Labute approximate surface area is 125 Å². The van der Waals surface area contributed by atoms with Crippen LogP contribution in [0.25, 0.3) is 11.4 Å². The highest BCUT2D eigenvalue weighted by molar-refractivity contribution is 9.10. The molecule has 0 spiro atoms. The molecule has 98 valence electrons. The molecule has 3 rings (SSSR count). The first-order chi connectivity index (χ1) is 9.06. The number of halogens is 4. The first-order valence-corrected chi connectivity index (χ1v) is 6.59. The minimum Gasteiger partial charge on any atom is -0.454 e. The van der Waals surface area contributed by atoms with Gasteiger partial charge in [0.1, 0.15) is 0 Å². The van der Waals surface area contributed by atoms with Crippen LogP contribution in [-0.4, -0.2) is 16.8 Å². The van der Waals surface area contributed by atoms with Gasteiger partial charge in [0.05, 0.1) is 4.47 Å². The molecule has 0 aliphatic carbocycles. The molecule has 0 radical (unpaired) electrons. The van der Waals surface area contributed by atoms with E-state index in [0.29, 0.717) is 21.5 Å². The number of benzene rings is 1. The van der Waals surface area contributed by atoms with Crippen LogP contribution in [0.2, 0.25) is 10.3 Å². The van der Waals surface area contributed by atoms with Crippen molar-refractivity contribution in [3.8, 4) is 22.9 Å². The maximum absolute atomic E-state index is 13.3. The van der Waals surface area contributed by atoms with Crippen molar-refractivity contribution in [3.05, 3.63) is 32.7 Å². The van der Waals surface area contributed by atoms with Crippen molar-refractivity contribution < 1.29 is 13.9 Å². The summed E-state index contributed by atoms with van der Waals surface area (Å²) in [7, 11) is 0. The molecule has 19 heavy (non-hydrogen) atoms. The zero-order chi connectivity index (χ0) is 13.6. The Balaban J connectivity index is 2.15. The number of rotatable bonds is 1. The van der Waals surface area contributed by atoms with E-state index in [2.05, 4.69) is 25.9 Å². The third kappa shape index (κ3) is 2.24. The monoisotopic (exact) mass is 364 g/mol. The van der Waals surface area contributed by atoms with E-state index in [-0.39, 0.29) is 22.9 Å². The summed E-state index contributed by atoms with van der Waals surface area (Å²) in [6, 6.07) is 3.39. The first-order valence-electron chi connectivity index (χ1n) is 5.04. The number of hydrogen-bond donors (Lipinski definition) is 0. The third-order valence-electron chi connectivity index (χ3n) is 2.46. The molecule has 1 aliphatic heterocycles. The normalized spacial score (nSPS) is 12.8. The molecule has 8 heteroatoms. The van der Waals surface area contributed by atoms with Crippen molar-refractivity contribution in [2.24, 2.45) is 0 Å². The second-order valence-electron chi connectivity index (χ2n) is 3.63. The fourth-order valence-corrected chi connectivity index (χ4v) is 2.56. The van der Waals surface area contributed by atoms with Gasteiger partial charge >= 0.3 is 0 Å². The molecule has 0 unspecified atom stereocenters. The van der Waals surface area contributed by atoms with E-state index < -0.39 is 5.82 Å². The van der Waals surface area contributed by atoms with Crippen molar-refractivity contribution in [1.82, 2.24) is 9.97 Å². The second-order valence-corrected chi connectivity index (χ2v) is 5.21. The number of hydrogen-bond acceptors (Lipinski definition) is 4. The highest BCUT2D eigenvalue weighted by atomic mass is 79.9. The zero-order valence-corrected chi connectivity index (χ0v) is 12.2. The SMILES string of the molecule is Fc1c(Cl)nc(-c2cc(Br)c3c(c2)OCO3)nc1Cl. The predicted molar refractivity (Wildman–Crippen MR) is 71.3 cm³/mol. The Hall–Kier alpha value is -1.11. The lowest BCUT2D eigenvalue weighted by Crippen LogP contribution is -1.95. The van der Waals surface area contributed by atoms with Crippen molar-refractivity contribution in [2.75, 3.05) is 6.79 Å². The van der Waals surface area contributed by atoms with E-state index >= 15 is 0 Å². The molecule has 0 saturated carbocycles. The number of fused-ring (bicyclic) bond motifs is 1. The fourth-order valence-electron chi connectivity index (χ4n) is 1.62. The lowest BCUT2D eigenvalue weighted by molar-refractivity contribution is 0.173. The maximum Gasteiger partial charge on any atom is 0.231 e. The van der Waals surface area contributed by atoms with Gasteiger partial charge < -0.3 is 9.47 Å². The lowest BCUT2D eigenvalue weighted by atomic mass is 10.2. The van der Waals surface area contributed by atoms with Gasteiger partial charge in [0.2, 0.25) is 6.79 Å². The summed E-state index contributed by atoms with van der Waals surface area (Å²) >= 11 is 14.6. The average Bonchev–Trinajstić information content (AvgIpc) is 2.84. The van der Waals surface area contributed by atoms with E-state index in [0.717, 1.165) is 0 Å². The molecule has 1 aromatic carbocycles. The number of aromatic nitrogens is 2. The van der Waals surface area contributed by atoms with Crippen molar-refractivity contribution >= 4 is 39.1 Å². The van der Waals surface area contributed by atoms with Gasteiger partial charge in [0, 0.05) is 5.56 Å². The summed E-state index contributed by atoms with van der Waals surface area (Å²) in [4.78, 5) is 7.70. The van der Waals surface area contributed by atoms with E-state index in [4.69, 9.17) is 32.7 Å². The molecule has 2 heterocycles.